The van der Waals surface area contributed by atoms with Crippen LogP contribution in [0.15, 0.2) is 48.5 Å². The van der Waals surface area contributed by atoms with Crippen molar-refractivity contribution >= 4 is 11.6 Å². The van der Waals surface area contributed by atoms with Gasteiger partial charge in [-0.1, -0.05) is 6.07 Å². The van der Waals surface area contributed by atoms with Crippen molar-refractivity contribution < 1.29 is 9.53 Å². The summed E-state index contributed by atoms with van der Waals surface area (Å²) in [5, 5.41) is 3.17. The summed E-state index contributed by atoms with van der Waals surface area (Å²) in [4.78, 5) is 14.9. The molecule has 0 spiro atoms. The molecule has 2 heterocycles. The van der Waals surface area contributed by atoms with Gasteiger partial charge in [-0.15, -0.1) is 0 Å². The zero-order chi connectivity index (χ0) is 17.2. The lowest BCUT2D eigenvalue weighted by Gasteiger charge is -2.30. The average molecular weight is 337 g/mol. The molecule has 4 rings (SSSR count). The number of ether oxygens (including phenoxy) is 1. The van der Waals surface area contributed by atoms with Gasteiger partial charge in [-0.2, -0.15) is 0 Å². The minimum absolute atomic E-state index is 0.0111. The number of hydrogen-bond acceptors (Lipinski definition) is 4. The molecule has 2 aliphatic heterocycles. The number of nitrogen functional groups attached to an aromatic ring is 1. The van der Waals surface area contributed by atoms with Gasteiger partial charge in [-0.3, -0.25) is 4.79 Å². The van der Waals surface area contributed by atoms with Crippen LogP contribution in [0, 0.1) is 5.92 Å². The van der Waals surface area contributed by atoms with E-state index in [9.17, 15) is 4.79 Å². The van der Waals surface area contributed by atoms with Crippen LogP contribution < -0.4 is 15.8 Å². The molecule has 2 aliphatic rings. The van der Waals surface area contributed by atoms with Crippen molar-refractivity contribution in [3.8, 4) is 11.5 Å². The first-order valence-electron chi connectivity index (χ1n) is 8.82. The average Bonchev–Trinajstić information content (AvgIpc) is 2.94. The minimum Gasteiger partial charge on any atom is -0.457 e. The maximum atomic E-state index is 12.5. The summed E-state index contributed by atoms with van der Waals surface area (Å²) in [6, 6.07) is 14.8. The van der Waals surface area contributed by atoms with Gasteiger partial charge in [0.05, 0.1) is 0 Å². The summed E-state index contributed by atoms with van der Waals surface area (Å²) in [5.74, 6) is 2.10. The molecule has 2 saturated heterocycles. The van der Waals surface area contributed by atoms with E-state index >= 15 is 0 Å². The molecule has 25 heavy (non-hydrogen) atoms. The van der Waals surface area contributed by atoms with Crippen LogP contribution >= 0.6 is 0 Å². The minimum atomic E-state index is -0.0111. The molecule has 2 aromatic rings. The Bertz CT molecular complexity index is 748. The number of carbonyl (C=O) groups is 1. The molecule has 2 fully saturated rings. The zero-order valence-corrected chi connectivity index (χ0v) is 14.2. The molecule has 0 radical (unpaired) electrons. The Morgan fingerprint density at radius 3 is 2.72 bits per heavy atom. The lowest BCUT2D eigenvalue weighted by Crippen LogP contribution is -2.46. The molecule has 0 aromatic heterocycles. The third kappa shape index (κ3) is 3.77. The highest BCUT2D eigenvalue weighted by Crippen LogP contribution is 2.27. The van der Waals surface area contributed by atoms with E-state index < -0.39 is 0 Å². The monoisotopic (exact) mass is 337 g/mol. The molecule has 130 valence electrons. The lowest BCUT2D eigenvalue weighted by atomic mass is 9.96. The first kappa shape index (κ1) is 16.0. The molecule has 0 aliphatic carbocycles. The van der Waals surface area contributed by atoms with Gasteiger partial charge >= 0.3 is 0 Å². The van der Waals surface area contributed by atoms with E-state index in [1.807, 2.05) is 30.3 Å². The van der Waals surface area contributed by atoms with Gasteiger partial charge < -0.3 is 20.7 Å². The van der Waals surface area contributed by atoms with Crippen LogP contribution in [0.2, 0.25) is 0 Å². The molecule has 5 heteroatoms. The van der Waals surface area contributed by atoms with Crippen LogP contribution in [0.4, 0.5) is 5.69 Å². The second kappa shape index (κ2) is 6.76. The Morgan fingerprint density at radius 2 is 1.96 bits per heavy atom. The molecule has 2 bridgehead atoms. The summed E-state index contributed by atoms with van der Waals surface area (Å²) >= 11 is 0. The molecule has 0 saturated carbocycles. The molecular weight excluding hydrogens is 314 g/mol. The molecule has 3 N–H and O–H groups in total. The number of nitrogens with two attached hydrogens (primary N) is 1. The first-order valence-corrected chi connectivity index (χ1v) is 8.82. The van der Waals surface area contributed by atoms with E-state index in [4.69, 9.17) is 10.5 Å². The standard InChI is InChI=1S/C20H23N3O2/c21-16-2-1-3-19(11-16)25-18-6-4-15(5-7-18)20(24)22-17-10-14-8-9-23(12-14)13-17/h1-7,11,14,17H,8-10,12-13,21H2,(H,22,24)/t14-,17-/m1/s1. The van der Waals surface area contributed by atoms with Crippen LogP contribution in [0.3, 0.4) is 0 Å². The third-order valence-corrected chi connectivity index (χ3v) is 5.01. The Morgan fingerprint density at radius 1 is 1.12 bits per heavy atom. The number of carbonyl (C=O) groups excluding carboxylic acids is 1. The van der Waals surface area contributed by atoms with Gasteiger partial charge in [0.2, 0.25) is 0 Å². The molecule has 2 aromatic carbocycles. The summed E-state index contributed by atoms with van der Waals surface area (Å²) in [5.41, 5.74) is 7.07. The van der Waals surface area contributed by atoms with E-state index in [1.165, 1.54) is 19.5 Å². The largest absolute Gasteiger partial charge is 0.457 e. The maximum Gasteiger partial charge on any atom is 0.251 e. The van der Waals surface area contributed by atoms with Crippen molar-refractivity contribution in [2.45, 2.75) is 18.9 Å². The van der Waals surface area contributed by atoms with Gasteiger partial charge in [-0.25, -0.2) is 0 Å². The highest BCUT2D eigenvalue weighted by atomic mass is 16.5. The SMILES string of the molecule is Nc1cccc(Oc2ccc(C(=O)N[C@@H]3C[C@H]4CCN(C4)C3)cc2)c1. The topological polar surface area (TPSA) is 67.6 Å². The van der Waals surface area contributed by atoms with Gasteiger partial charge in [0, 0.05) is 36.4 Å². The Hall–Kier alpha value is -2.53. The first-order chi connectivity index (χ1) is 12.2. The van der Waals surface area contributed by atoms with E-state index in [-0.39, 0.29) is 11.9 Å². The summed E-state index contributed by atoms with van der Waals surface area (Å²) in [7, 11) is 0. The number of nitrogens with zero attached hydrogens (tertiary/aromatic N) is 1. The number of hydrogen-bond donors (Lipinski definition) is 2. The summed E-state index contributed by atoms with van der Waals surface area (Å²) in [6.07, 6.45) is 2.36. The van der Waals surface area contributed by atoms with Gasteiger partial charge in [0.1, 0.15) is 11.5 Å². The predicted molar refractivity (Wildman–Crippen MR) is 97.8 cm³/mol. The van der Waals surface area contributed by atoms with E-state index in [2.05, 4.69) is 10.2 Å². The second-order valence-electron chi connectivity index (χ2n) is 7.02. The van der Waals surface area contributed by atoms with Crippen molar-refractivity contribution in [3.05, 3.63) is 54.1 Å². The quantitative estimate of drug-likeness (QED) is 0.842. The van der Waals surface area contributed by atoms with Crippen LogP contribution in [0.5, 0.6) is 11.5 Å². The van der Waals surface area contributed by atoms with Crippen molar-refractivity contribution in [2.24, 2.45) is 5.92 Å². The highest BCUT2D eigenvalue weighted by Gasteiger charge is 2.32. The predicted octanol–water partition coefficient (Wildman–Crippen LogP) is 2.89. The van der Waals surface area contributed by atoms with Gasteiger partial charge in [0.15, 0.2) is 0 Å². The van der Waals surface area contributed by atoms with Crippen LogP contribution in [0.25, 0.3) is 0 Å². The fourth-order valence-electron chi connectivity index (χ4n) is 3.82. The number of rotatable bonds is 4. The van der Waals surface area contributed by atoms with Crippen LogP contribution in [-0.4, -0.2) is 36.5 Å². The van der Waals surface area contributed by atoms with Gasteiger partial charge in [-0.05, 0) is 61.7 Å². The number of nitrogens with one attached hydrogen (secondary N) is 1. The highest BCUT2D eigenvalue weighted by molar-refractivity contribution is 5.94. The lowest BCUT2D eigenvalue weighted by molar-refractivity contribution is 0.0909. The van der Waals surface area contributed by atoms with Gasteiger partial charge in [0.25, 0.3) is 5.91 Å². The number of fused-ring (bicyclic) bond motifs is 2. The Balaban J connectivity index is 1.37. The Kier molecular flexibility index (Phi) is 4.32. The summed E-state index contributed by atoms with van der Waals surface area (Å²) in [6.45, 7) is 3.34. The normalized spacial score (nSPS) is 24.7. The number of anilines is 1. The maximum absolute atomic E-state index is 12.5. The fourth-order valence-corrected chi connectivity index (χ4v) is 3.82. The summed E-state index contributed by atoms with van der Waals surface area (Å²) < 4.78 is 5.76. The van der Waals surface area contributed by atoms with Crippen molar-refractivity contribution in [2.75, 3.05) is 25.4 Å². The number of piperidine rings is 1. The molecule has 1 amide bonds. The van der Waals surface area contributed by atoms with Crippen LogP contribution in [-0.2, 0) is 0 Å². The zero-order valence-electron chi connectivity index (χ0n) is 14.2. The molecule has 5 nitrogen and oxygen atoms in total. The van der Waals surface area contributed by atoms with Crippen molar-refractivity contribution in [1.82, 2.24) is 10.2 Å². The van der Waals surface area contributed by atoms with Crippen LogP contribution in [0.1, 0.15) is 23.2 Å². The number of benzene rings is 2. The molecule has 1 unspecified atom stereocenters. The van der Waals surface area contributed by atoms with E-state index in [0.717, 1.165) is 18.9 Å². The van der Waals surface area contributed by atoms with E-state index in [1.54, 1.807) is 18.2 Å². The smallest absolute Gasteiger partial charge is 0.251 e. The molecular formula is C20H23N3O2. The Labute approximate surface area is 147 Å². The molecule has 3 atom stereocenters. The van der Waals surface area contributed by atoms with Crippen molar-refractivity contribution in [3.63, 3.8) is 0 Å². The second-order valence-corrected chi connectivity index (χ2v) is 7.02. The van der Waals surface area contributed by atoms with Crippen molar-refractivity contribution in [1.29, 1.82) is 0 Å². The number of amides is 1. The fraction of sp³-hybridized carbons (Fsp3) is 0.350. The third-order valence-electron chi connectivity index (χ3n) is 5.01. The van der Waals surface area contributed by atoms with E-state index in [0.29, 0.717) is 22.7 Å².